The average molecular weight is 185 g/mol. The van der Waals surface area contributed by atoms with Crippen molar-refractivity contribution >= 4 is 5.91 Å². The lowest BCUT2D eigenvalue weighted by Crippen LogP contribution is -2.26. The van der Waals surface area contributed by atoms with Crippen LogP contribution in [0.5, 0.6) is 0 Å². The Balaban J connectivity index is 1.89. The smallest absolute Gasteiger partial charge is 0.217 e. The van der Waals surface area contributed by atoms with Crippen molar-refractivity contribution in [1.82, 2.24) is 0 Å². The summed E-state index contributed by atoms with van der Waals surface area (Å²) in [5.74, 6) is -0.226. The second-order valence-electron chi connectivity index (χ2n) is 3.89. The number of ether oxygens (including phenoxy) is 2. The van der Waals surface area contributed by atoms with Gasteiger partial charge in [0.15, 0.2) is 5.79 Å². The van der Waals surface area contributed by atoms with E-state index in [2.05, 4.69) is 0 Å². The van der Waals surface area contributed by atoms with Crippen molar-refractivity contribution in [1.29, 1.82) is 0 Å². The molecule has 1 heterocycles. The van der Waals surface area contributed by atoms with E-state index in [0.717, 1.165) is 19.3 Å². The predicted octanol–water partition coefficient (Wildman–Crippen LogP) is 0.405. The molecule has 0 radical (unpaired) electrons. The van der Waals surface area contributed by atoms with Gasteiger partial charge in [0.25, 0.3) is 0 Å². The zero-order chi connectivity index (χ0) is 9.31. The fourth-order valence-electron chi connectivity index (χ4n) is 2.29. The first-order valence-corrected chi connectivity index (χ1v) is 4.76. The van der Waals surface area contributed by atoms with Crippen molar-refractivity contribution in [2.45, 2.75) is 31.5 Å². The molecule has 13 heavy (non-hydrogen) atoms. The summed E-state index contributed by atoms with van der Waals surface area (Å²) in [6, 6.07) is 0. The third-order valence-electron chi connectivity index (χ3n) is 2.84. The second-order valence-corrected chi connectivity index (χ2v) is 3.89. The van der Waals surface area contributed by atoms with E-state index in [1.54, 1.807) is 0 Å². The molecule has 0 aromatic heterocycles. The SMILES string of the molecule is NC(=O)C[C@@H]1CCC2(C1)OCCO2. The zero-order valence-corrected chi connectivity index (χ0v) is 7.62. The molecule has 4 heteroatoms. The minimum Gasteiger partial charge on any atom is -0.370 e. The molecule has 2 rings (SSSR count). The van der Waals surface area contributed by atoms with Crippen molar-refractivity contribution in [2.75, 3.05) is 13.2 Å². The van der Waals surface area contributed by atoms with Crippen LogP contribution in [0.2, 0.25) is 0 Å². The molecule has 1 amide bonds. The molecule has 1 atom stereocenters. The number of carbonyl (C=O) groups excluding carboxylic acids is 1. The lowest BCUT2D eigenvalue weighted by atomic mass is 10.0. The zero-order valence-electron chi connectivity index (χ0n) is 7.62. The molecular formula is C9H15NO3. The number of hydrogen-bond donors (Lipinski definition) is 1. The molecule has 2 aliphatic rings. The molecule has 1 saturated heterocycles. The first-order valence-electron chi connectivity index (χ1n) is 4.76. The monoisotopic (exact) mass is 185 g/mol. The Bertz CT molecular complexity index is 211. The Hall–Kier alpha value is -0.610. The summed E-state index contributed by atoms with van der Waals surface area (Å²) in [5, 5.41) is 0. The van der Waals surface area contributed by atoms with Crippen LogP contribution in [0.1, 0.15) is 25.7 Å². The van der Waals surface area contributed by atoms with E-state index >= 15 is 0 Å². The lowest BCUT2D eigenvalue weighted by molar-refractivity contribution is -0.152. The molecule has 1 aliphatic carbocycles. The van der Waals surface area contributed by atoms with Crippen molar-refractivity contribution < 1.29 is 14.3 Å². The highest BCUT2D eigenvalue weighted by Gasteiger charge is 2.44. The molecule has 2 N–H and O–H groups in total. The van der Waals surface area contributed by atoms with Crippen LogP contribution in [0.4, 0.5) is 0 Å². The highest BCUT2D eigenvalue weighted by Crippen LogP contribution is 2.41. The largest absolute Gasteiger partial charge is 0.370 e. The van der Waals surface area contributed by atoms with E-state index in [-0.39, 0.29) is 11.7 Å². The molecule has 0 bridgehead atoms. The summed E-state index contributed by atoms with van der Waals surface area (Å²) >= 11 is 0. The first-order chi connectivity index (χ1) is 6.20. The summed E-state index contributed by atoms with van der Waals surface area (Å²) in [4.78, 5) is 10.7. The van der Waals surface area contributed by atoms with Crippen LogP contribution in [-0.4, -0.2) is 24.9 Å². The fourth-order valence-corrected chi connectivity index (χ4v) is 2.29. The quantitative estimate of drug-likeness (QED) is 0.677. The molecule has 1 spiro atoms. The minimum atomic E-state index is -0.361. The van der Waals surface area contributed by atoms with Gasteiger partial charge >= 0.3 is 0 Å². The molecule has 0 aromatic rings. The highest BCUT2D eigenvalue weighted by molar-refractivity contribution is 5.74. The summed E-state index contributed by atoms with van der Waals surface area (Å²) in [6.07, 6.45) is 3.19. The molecule has 2 fully saturated rings. The molecule has 1 aliphatic heterocycles. The minimum absolute atomic E-state index is 0.222. The van der Waals surface area contributed by atoms with Gasteiger partial charge in [-0.1, -0.05) is 0 Å². The normalized spacial score (nSPS) is 31.2. The lowest BCUT2D eigenvalue weighted by Gasteiger charge is -2.21. The van der Waals surface area contributed by atoms with Gasteiger partial charge in [-0.25, -0.2) is 0 Å². The van der Waals surface area contributed by atoms with E-state index in [1.165, 1.54) is 0 Å². The van der Waals surface area contributed by atoms with E-state index in [9.17, 15) is 4.79 Å². The van der Waals surface area contributed by atoms with Crippen LogP contribution in [0, 0.1) is 5.92 Å². The Morgan fingerprint density at radius 2 is 2.15 bits per heavy atom. The first kappa shape index (κ1) is 8.97. The number of nitrogens with two attached hydrogens (primary N) is 1. The second kappa shape index (κ2) is 3.27. The maximum Gasteiger partial charge on any atom is 0.217 e. The van der Waals surface area contributed by atoms with Crippen LogP contribution in [-0.2, 0) is 14.3 Å². The number of amides is 1. The summed E-state index contributed by atoms with van der Waals surface area (Å²) in [6.45, 7) is 1.37. The molecule has 74 valence electrons. The number of rotatable bonds is 2. The van der Waals surface area contributed by atoms with Crippen LogP contribution in [0.3, 0.4) is 0 Å². The number of hydrogen-bond acceptors (Lipinski definition) is 3. The van der Waals surface area contributed by atoms with Crippen molar-refractivity contribution in [2.24, 2.45) is 11.7 Å². The van der Waals surface area contributed by atoms with Gasteiger partial charge in [-0.15, -0.1) is 0 Å². The molecule has 4 nitrogen and oxygen atoms in total. The molecule has 0 aromatic carbocycles. The van der Waals surface area contributed by atoms with Crippen LogP contribution in [0.15, 0.2) is 0 Å². The van der Waals surface area contributed by atoms with Gasteiger partial charge in [-0.05, 0) is 12.3 Å². The third kappa shape index (κ3) is 1.84. The van der Waals surface area contributed by atoms with E-state index in [4.69, 9.17) is 15.2 Å². The maximum atomic E-state index is 10.7. The maximum absolute atomic E-state index is 10.7. The van der Waals surface area contributed by atoms with Gasteiger partial charge < -0.3 is 15.2 Å². The van der Waals surface area contributed by atoms with E-state index < -0.39 is 0 Å². The molecular weight excluding hydrogens is 170 g/mol. The van der Waals surface area contributed by atoms with Gasteiger partial charge in [-0.2, -0.15) is 0 Å². The topological polar surface area (TPSA) is 61.6 Å². The third-order valence-corrected chi connectivity index (χ3v) is 2.84. The van der Waals surface area contributed by atoms with Crippen molar-refractivity contribution in [3.63, 3.8) is 0 Å². The van der Waals surface area contributed by atoms with Crippen molar-refractivity contribution in [3.8, 4) is 0 Å². The predicted molar refractivity (Wildman–Crippen MR) is 45.8 cm³/mol. The van der Waals surface area contributed by atoms with Gasteiger partial charge in [0.2, 0.25) is 5.91 Å². The van der Waals surface area contributed by atoms with E-state index in [1.807, 2.05) is 0 Å². The number of carbonyl (C=O) groups is 1. The molecule has 1 saturated carbocycles. The number of primary amides is 1. The Morgan fingerprint density at radius 3 is 2.77 bits per heavy atom. The molecule has 0 unspecified atom stereocenters. The van der Waals surface area contributed by atoms with E-state index in [0.29, 0.717) is 25.6 Å². The summed E-state index contributed by atoms with van der Waals surface area (Å²) < 4.78 is 11.1. The average Bonchev–Trinajstić information content (AvgIpc) is 2.63. The van der Waals surface area contributed by atoms with Gasteiger partial charge in [0.1, 0.15) is 0 Å². The van der Waals surface area contributed by atoms with Crippen LogP contribution < -0.4 is 5.73 Å². The highest BCUT2D eigenvalue weighted by atomic mass is 16.7. The standard InChI is InChI=1S/C9H15NO3/c10-8(11)5-7-1-2-9(6-7)12-3-4-13-9/h7H,1-6H2,(H2,10,11)/t7-/m0/s1. The Labute approximate surface area is 77.4 Å². The summed E-state index contributed by atoms with van der Waals surface area (Å²) in [7, 11) is 0. The Kier molecular flexibility index (Phi) is 2.26. The fraction of sp³-hybridized carbons (Fsp3) is 0.889. The van der Waals surface area contributed by atoms with Crippen LogP contribution >= 0.6 is 0 Å². The Morgan fingerprint density at radius 1 is 1.46 bits per heavy atom. The van der Waals surface area contributed by atoms with Crippen LogP contribution in [0.25, 0.3) is 0 Å². The van der Waals surface area contributed by atoms with Gasteiger partial charge in [0, 0.05) is 19.3 Å². The van der Waals surface area contributed by atoms with Crippen molar-refractivity contribution in [3.05, 3.63) is 0 Å². The summed E-state index contributed by atoms with van der Waals surface area (Å²) in [5.41, 5.74) is 5.14. The van der Waals surface area contributed by atoms with Gasteiger partial charge in [0.05, 0.1) is 13.2 Å². The van der Waals surface area contributed by atoms with Gasteiger partial charge in [-0.3, -0.25) is 4.79 Å².